The molecule has 25 heavy (non-hydrogen) atoms. The molecular formula is C15H16N6O3S. The summed E-state index contributed by atoms with van der Waals surface area (Å²) in [6.07, 6.45) is 1.61. The van der Waals surface area contributed by atoms with Gasteiger partial charge >= 0.3 is 0 Å². The van der Waals surface area contributed by atoms with Crippen LogP contribution in [-0.4, -0.2) is 50.5 Å². The van der Waals surface area contributed by atoms with Crippen molar-refractivity contribution in [2.75, 3.05) is 19.0 Å². The average Bonchev–Trinajstić information content (AvgIpc) is 3.17. The molecule has 2 heterocycles. The lowest BCUT2D eigenvalue weighted by Crippen LogP contribution is -2.30. The Bertz CT molecular complexity index is 788. The van der Waals surface area contributed by atoms with E-state index in [-0.39, 0.29) is 31.4 Å². The first kappa shape index (κ1) is 16.8. The zero-order valence-electron chi connectivity index (χ0n) is 13.4. The number of rotatable bonds is 6. The highest BCUT2D eigenvalue weighted by Crippen LogP contribution is 2.15. The number of nitrogens with one attached hydrogen (secondary N) is 2. The Kier molecular flexibility index (Phi) is 4.89. The highest BCUT2D eigenvalue weighted by atomic mass is 32.1. The minimum absolute atomic E-state index is 0.00960. The lowest BCUT2D eigenvalue weighted by atomic mass is 10.3. The van der Waals surface area contributed by atoms with Crippen LogP contribution in [0.4, 0.5) is 5.69 Å². The average molecular weight is 360 g/mol. The number of hydrogen-bond donors (Lipinski definition) is 2. The predicted molar refractivity (Wildman–Crippen MR) is 92.8 cm³/mol. The van der Waals surface area contributed by atoms with Crippen LogP contribution in [0.15, 0.2) is 30.5 Å². The molecule has 1 aromatic heterocycles. The van der Waals surface area contributed by atoms with Gasteiger partial charge in [0.25, 0.3) is 0 Å². The summed E-state index contributed by atoms with van der Waals surface area (Å²) in [5.74, 6) is 0.357. The van der Waals surface area contributed by atoms with E-state index in [2.05, 4.69) is 20.9 Å². The zero-order valence-corrected chi connectivity index (χ0v) is 14.2. The van der Waals surface area contributed by atoms with Gasteiger partial charge in [0.15, 0.2) is 5.11 Å². The fourth-order valence-corrected chi connectivity index (χ4v) is 2.53. The van der Waals surface area contributed by atoms with Crippen molar-refractivity contribution in [2.45, 2.75) is 13.1 Å². The van der Waals surface area contributed by atoms with Gasteiger partial charge in [-0.2, -0.15) is 0 Å². The molecule has 2 amide bonds. The van der Waals surface area contributed by atoms with Crippen LogP contribution in [0, 0.1) is 0 Å². The van der Waals surface area contributed by atoms with E-state index in [0.29, 0.717) is 22.2 Å². The van der Waals surface area contributed by atoms with Crippen molar-refractivity contribution in [3.05, 3.63) is 36.2 Å². The Balaban J connectivity index is 1.56. The van der Waals surface area contributed by atoms with Crippen LogP contribution in [-0.2, 0) is 22.7 Å². The van der Waals surface area contributed by atoms with Crippen molar-refractivity contribution in [3.8, 4) is 5.75 Å². The van der Waals surface area contributed by atoms with E-state index < -0.39 is 0 Å². The molecular weight excluding hydrogens is 344 g/mol. The van der Waals surface area contributed by atoms with E-state index in [4.69, 9.17) is 17.0 Å². The first-order valence-corrected chi connectivity index (χ1v) is 7.87. The summed E-state index contributed by atoms with van der Waals surface area (Å²) < 4.78 is 6.47. The molecule has 10 heteroatoms. The molecule has 1 saturated heterocycles. The van der Waals surface area contributed by atoms with Gasteiger partial charge in [-0.15, -0.1) is 5.10 Å². The van der Waals surface area contributed by atoms with Gasteiger partial charge in [-0.05, 0) is 36.5 Å². The van der Waals surface area contributed by atoms with Crippen LogP contribution in [0.3, 0.4) is 0 Å². The van der Waals surface area contributed by atoms with Crippen molar-refractivity contribution in [3.63, 3.8) is 0 Å². The first-order chi connectivity index (χ1) is 12.0. The lowest BCUT2D eigenvalue weighted by Gasteiger charge is -2.11. The standard InChI is InChI=1S/C15H16N6O3S/c1-24-12-4-2-10(3-5-12)17-13(22)9-20-7-11(18-19-20)8-21-14(23)6-16-15(21)25/h2-5,7H,6,8-9H2,1H3,(H,16,25)(H,17,22). The van der Waals surface area contributed by atoms with E-state index >= 15 is 0 Å². The molecule has 2 aromatic rings. The van der Waals surface area contributed by atoms with E-state index in [9.17, 15) is 9.59 Å². The summed E-state index contributed by atoms with van der Waals surface area (Å²) in [5.41, 5.74) is 1.21. The van der Waals surface area contributed by atoms with Crippen molar-refractivity contribution in [1.29, 1.82) is 0 Å². The Morgan fingerprint density at radius 2 is 2.16 bits per heavy atom. The Morgan fingerprint density at radius 1 is 1.40 bits per heavy atom. The van der Waals surface area contributed by atoms with Crippen LogP contribution in [0.25, 0.3) is 0 Å². The van der Waals surface area contributed by atoms with Crippen LogP contribution in [0.2, 0.25) is 0 Å². The molecule has 3 rings (SSSR count). The molecule has 1 aliphatic rings. The van der Waals surface area contributed by atoms with Gasteiger partial charge in [-0.3, -0.25) is 14.5 Å². The van der Waals surface area contributed by atoms with E-state index in [1.54, 1.807) is 37.6 Å². The van der Waals surface area contributed by atoms with Gasteiger partial charge in [-0.25, -0.2) is 4.68 Å². The third-order valence-electron chi connectivity index (χ3n) is 3.52. The fourth-order valence-electron chi connectivity index (χ4n) is 2.29. The maximum Gasteiger partial charge on any atom is 0.248 e. The summed E-state index contributed by atoms with van der Waals surface area (Å²) >= 11 is 5.05. The molecule has 130 valence electrons. The Morgan fingerprint density at radius 3 is 2.80 bits per heavy atom. The van der Waals surface area contributed by atoms with Gasteiger partial charge in [0, 0.05) is 5.69 Å². The number of hydrogen-bond acceptors (Lipinski definition) is 6. The van der Waals surface area contributed by atoms with Crippen LogP contribution < -0.4 is 15.4 Å². The molecule has 0 spiro atoms. The quantitative estimate of drug-likeness (QED) is 0.707. The minimum atomic E-state index is -0.240. The molecule has 0 saturated carbocycles. The summed E-state index contributed by atoms with van der Waals surface area (Å²) in [6.45, 7) is 0.428. The second-order valence-electron chi connectivity index (χ2n) is 5.32. The topological polar surface area (TPSA) is 101 Å². The maximum absolute atomic E-state index is 12.1. The van der Waals surface area contributed by atoms with E-state index in [1.807, 2.05) is 0 Å². The molecule has 0 unspecified atom stereocenters. The molecule has 1 aromatic carbocycles. The highest BCUT2D eigenvalue weighted by molar-refractivity contribution is 7.80. The SMILES string of the molecule is COc1ccc(NC(=O)Cn2cc(CN3C(=O)CNC3=S)nn2)cc1. The van der Waals surface area contributed by atoms with Gasteiger partial charge < -0.3 is 15.4 Å². The van der Waals surface area contributed by atoms with Crippen molar-refractivity contribution >= 4 is 34.8 Å². The van der Waals surface area contributed by atoms with Crippen LogP contribution in [0.5, 0.6) is 5.75 Å². The number of thiocarbonyl (C=S) groups is 1. The molecule has 0 aliphatic carbocycles. The first-order valence-electron chi connectivity index (χ1n) is 7.46. The smallest absolute Gasteiger partial charge is 0.248 e. The summed E-state index contributed by atoms with van der Waals surface area (Å²) in [6, 6.07) is 7.01. The highest BCUT2D eigenvalue weighted by Gasteiger charge is 2.26. The summed E-state index contributed by atoms with van der Waals surface area (Å²) in [7, 11) is 1.58. The molecule has 2 N–H and O–H groups in total. The zero-order chi connectivity index (χ0) is 17.8. The lowest BCUT2D eigenvalue weighted by molar-refractivity contribution is -0.125. The normalized spacial score (nSPS) is 13.7. The molecule has 0 atom stereocenters. The number of amides is 2. The van der Waals surface area contributed by atoms with Crippen LogP contribution in [0.1, 0.15) is 5.69 Å². The van der Waals surface area contributed by atoms with Gasteiger partial charge in [0.2, 0.25) is 11.8 Å². The molecule has 1 aliphatic heterocycles. The third kappa shape index (κ3) is 4.10. The maximum atomic E-state index is 12.1. The third-order valence-corrected chi connectivity index (χ3v) is 3.89. The Labute approximate surface area is 148 Å². The molecule has 1 fully saturated rings. The predicted octanol–water partition coefficient (Wildman–Crippen LogP) is 0.142. The summed E-state index contributed by atoms with van der Waals surface area (Å²) in [4.78, 5) is 25.2. The van der Waals surface area contributed by atoms with E-state index in [0.717, 1.165) is 0 Å². The van der Waals surface area contributed by atoms with Crippen LogP contribution >= 0.6 is 12.2 Å². The Hall–Kier alpha value is -3.01. The van der Waals surface area contributed by atoms with E-state index in [1.165, 1.54) is 9.58 Å². The van der Waals surface area contributed by atoms with Crippen molar-refractivity contribution < 1.29 is 14.3 Å². The fraction of sp³-hybridized carbons (Fsp3) is 0.267. The number of methoxy groups -OCH3 is 1. The van der Waals surface area contributed by atoms with Crippen molar-refractivity contribution in [2.24, 2.45) is 0 Å². The second kappa shape index (κ2) is 7.26. The number of anilines is 1. The number of carbonyl (C=O) groups excluding carboxylic acids is 2. The minimum Gasteiger partial charge on any atom is -0.497 e. The molecule has 9 nitrogen and oxygen atoms in total. The number of aromatic nitrogens is 3. The second-order valence-corrected chi connectivity index (χ2v) is 5.71. The monoisotopic (exact) mass is 360 g/mol. The number of ether oxygens (including phenoxy) is 1. The molecule has 0 radical (unpaired) electrons. The summed E-state index contributed by atoms with van der Waals surface area (Å²) in [5, 5.41) is 13.8. The van der Waals surface area contributed by atoms with Gasteiger partial charge in [0.1, 0.15) is 18.0 Å². The van der Waals surface area contributed by atoms with Gasteiger partial charge in [-0.1, -0.05) is 5.21 Å². The number of benzene rings is 1. The molecule has 0 bridgehead atoms. The number of carbonyl (C=O) groups is 2. The van der Waals surface area contributed by atoms with Crippen molar-refractivity contribution in [1.82, 2.24) is 25.2 Å². The number of nitrogens with zero attached hydrogens (tertiary/aromatic N) is 4. The van der Waals surface area contributed by atoms with Gasteiger partial charge in [0.05, 0.1) is 26.4 Å². The largest absolute Gasteiger partial charge is 0.497 e.